The van der Waals surface area contributed by atoms with E-state index in [1.165, 1.54) is 0 Å². The maximum Gasteiger partial charge on any atom is 0.104 e. The van der Waals surface area contributed by atoms with Crippen LogP contribution in [0.5, 0.6) is 0 Å². The van der Waals surface area contributed by atoms with E-state index in [0.717, 1.165) is 13.0 Å². The third-order valence-electron chi connectivity index (χ3n) is 3.52. The molecular weight excluding hydrogens is 200 g/mol. The first-order valence-electron chi connectivity index (χ1n) is 5.91. The Morgan fingerprint density at radius 3 is 2.31 bits per heavy atom. The van der Waals surface area contributed by atoms with Gasteiger partial charge in [0.05, 0.1) is 12.2 Å². The van der Waals surface area contributed by atoms with E-state index in [1.807, 2.05) is 0 Å². The zero-order valence-corrected chi connectivity index (χ0v) is 11.4. The van der Waals surface area contributed by atoms with Crippen molar-refractivity contribution in [3.63, 3.8) is 0 Å². The molecule has 1 heterocycles. The van der Waals surface area contributed by atoms with Gasteiger partial charge < -0.3 is 4.74 Å². The zero-order chi connectivity index (χ0) is 12.6. The Labute approximate surface area is 99.4 Å². The summed E-state index contributed by atoms with van der Waals surface area (Å²) in [4.78, 5) is 2.27. The maximum atomic E-state index is 9.39. The van der Waals surface area contributed by atoms with E-state index < -0.39 is 0 Å². The molecule has 0 amide bonds. The lowest BCUT2D eigenvalue weighted by molar-refractivity contribution is -0.0740. The van der Waals surface area contributed by atoms with Gasteiger partial charge in [-0.15, -0.1) is 0 Å². The molecule has 0 unspecified atom stereocenters. The van der Waals surface area contributed by atoms with Crippen molar-refractivity contribution < 1.29 is 4.74 Å². The summed E-state index contributed by atoms with van der Waals surface area (Å²) in [5.74, 6) is 0. The molecule has 1 aliphatic heterocycles. The Bertz CT molecular complexity index is 285. The molecule has 16 heavy (non-hydrogen) atoms. The molecule has 0 aliphatic carbocycles. The molecule has 0 aromatic rings. The normalized spacial score (nSPS) is 31.1. The minimum Gasteiger partial charge on any atom is -0.380 e. The van der Waals surface area contributed by atoms with Crippen LogP contribution in [-0.2, 0) is 4.74 Å². The van der Waals surface area contributed by atoms with Crippen LogP contribution in [0, 0.1) is 16.7 Å². The lowest BCUT2D eigenvalue weighted by Gasteiger charge is -2.51. The van der Waals surface area contributed by atoms with E-state index in [9.17, 15) is 5.26 Å². The highest BCUT2D eigenvalue weighted by Crippen LogP contribution is 2.39. The topological polar surface area (TPSA) is 36.3 Å². The molecule has 0 saturated carbocycles. The molecule has 1 aliphatic rings. The summed E-state index contributed by atoms with van der Waals surface area (Å²) in [6.45, 7) is 11.6. The van der Waals surface area contributed by atoms with Crippen molar-refractivity contribution in [3.05, 3.63) is 0 Å². The Hall–Kier alpha value is -0.590. The van der Waals surface area contributed by atoms with Crippen molar-refractivity contribution in [2.75, 3.05) is 13.7 Å². The lowest BCUT2D eigenvalue weighted by Crippen LogP contribution is -2.60. The van der Waals surface area contributed by atoms with Crippen LogP contribution in [0.3, 0.4) is 0 Å². The fraction of sp³-hybridized carbons (Fsp3) is 0.923. The van der Waals surface area contributed by atoms with Crippen LogP contribution in [0.1, 0.15) is 41.0 Å². The molecule has 3 nitrogen and oxygen atoms in total. The molecule has 0 spiro atoms. The summed E-state index contributed by atoms with van der Waals surface area (Å²) < 4.78 is 5.49. The van der Waals surface area contributed by atoms with Gasteiger partial charge in [0.1, 0.15) is 6.04 Å². The third kappa shape index (κ3) is 2.56. The van der Waals surface area contributed by atoms with Gasteiger partial charge in [0.25, 0.3) is 0 Å². The molecule has 0 radical (unpaired) electrons. The highest BCUT2D eigenvalue weighted by atomic mass is 16.5. The number of piperidine rings is 1. The Morgan fingerprint density at radius 2 is 1.94 bits per heavy atom. The van der Waals surface area contributed by atoms with Crippen molar-refractivity contribution in [1.82, 2.24) is 4.90 Å². The van der Waals surface area contributed by atoms with Crippen molar-refractivity contribution >= 4 is 0 Å². The molecule has 92 valence electrons. The minimum atomic E-state index is -0.0288. The van der Waals surface area contributed by atoms with Gasteiger partial charge in [0, 0.05) is 19.2 Å². The molecule has 2 atom stereocenters. The first-order chi connectivity index (χ1) is 7.22. The van der Waals surface area contributed by atoms with Gasteiger partial charge in [-0.3, -0.25) is 4.90 Å². The third-order valence-corrected chi connectivity index (χ3v) is 3.52. The fourth-order valence-electron chi connectivity index (χ4n) is 2.57. The molecular formula is C13H24N2O. The summed E-state index contributed by atoms with van der Waals surface area (Å²) in [5, 5.41) is 9.39. The second-order valence-corrected chi connectivity index (χ2v) is 6.41. The van der Waals surface area contributed by atoms with Crippen LogP contribution < -0.4 is 0 Å². The monoisotopic (exact) mass is 224 g/mol. The summed E-state index contributed by atoms with van der Waals surface area (Å²) in [6, 6.07) is 2.44. The fourth-order valence-corrected chi connectivity index (χ4v) is 2.57. The van der Waals surface area contributed by atoms with Crippen molar-refractivity contribution in [2.24, 2.45) is 5.41 Å². The van der Waals surface area contributed by atoms with Gasteiger partial charge in [-0.1, -0.05) is 13.8 Å². The summed E-state index contributed by atoms with van der Waals surface area (Å²) in [7, 11) is 1.76. The van der Waals surface area contributed by atoms with Crippen molar-refractivity contribution in [3.8, 4) is 6.07 Å². The van der Waals surface area contributed by atoms with Crippen LogP contribution in [0.4, 0.5) is 0 Å². The Kier molecular flexibility index (Phi) is 3.66. The molecule has 1 fully saturated rings. The maximum absolute atomic E-state index is 9.39. The Morgan fingerprint density at radius 1 is 1.38 bits per heavy atom. The van der Waals surface area contributed by atoms with Crippen LogP contribution in [0.2, 0.25) is 0 Å². The largest absolute Gasteiger partial charge is 0.380 e. The second-order valence-electron chi connectivity index (χ2n) is 6.41. The van der Waals surface area contributed by atoms with Crippen molar-refractivity contribution in [1.29, 1.82) is 5.26 Å². The minimum absolute atomic E-state index is 0.00880. The molecule has 0 N–H and O–H groups in total. The second kappa shape index (κ2) is 4.35. The number of nitriles is 1. The summed E-state index contributed by atoms with van der Waals surface area (Å²) in [6.07, 6.45) is 1.19. The lowest BCUT2D eigenvalue weighted by atomic mass is 9.74. The van der Waals surface area contributed by atoms with E-state index in [2.05, 4.69) is 45.6 Å². The standard InChI is InChI=1S/C13H24N2O/c1-12(2,3)15-9-10(16-6)7-13(4,5)11(15)8-14/h10-11H,7,9H2,1-6H3/t10-,11-/m0/s1. The average molecular weight is 224 g/mol. The summed E-state index contributed by atoms with van der Waals surface area (Å²) in [5.41, 5.74) is -0.00414. The smallest absolute Gasteiger partial charge is 0.104 e. The molecule has 0 bridgehead atoms. The molecule has 1 saturated heterocycles. The number of methoxy groups -OCH3 is 1. The van der Waals surface area contributed by atoms with Crippen LogP contribution >= 0.6 is 0 Å². The van der Waals surface area contributed by atoms with E-state index in [4.69, 9.17) is 4.74 Å². The quantitative estimate of drug-likeness (QED) is 0.686. The van der Waals surface area contributed by atoms with Gasteiger partial charge >= 0.3 is 0 Å². The SMILES string of the molecule is CO[C@@H]1CN(C(C)(C)C)[C@@H](C#N)C(C)(C)C1. The molecule has 3 heteroatoms. The van der Waals surface area contributed by atoms with Gasteiger partial charge in [-0.25, -0.2) is 0 Å². The average Bonchev–Trinajstić information content (AvgIpc) is 2.13. The van der Waals surface area contributed by atoms with E-state index in [1.54, 1.807) is 7.11 Å². The molecule has 1 rings (SSSR count). The zero-order valence-electron chi connectivity index (χ0n) is 11.4. The van der Waals surface area contributed by atoms with E-state index in [-0.39, 0.29) is 23.1 Å². The van der Waals surface area contributed by atoms with Gasteiger partial charge in [0.15, 0.2) is 0 Å². The van der Waals surface area contributed by atoms with Crippen molar-refractivity contribution in [2.45, 2.75) is 58.7 Å². The first-order valence-corrected chi connectivity index (χ1v) is 5.91. The number of rotatable bonds is 1. The number of hydrogen-bond donors (Lipinski definition) is 0. The number of ether oxygens (including phenoxy) is 1. The predicted molar refractivity (Wildman–Crippen MR) is 65.1 cm³/mol. The summed E-state index contributed by atoms with van der Waals surface area (Å²) >= 11 is 0. The van der Waals surface area contributed by atoms with E-state index >= 15 is 0 Å². The highest BCUT2D eigenvalue weighted by molar-refractivity contribution is 5.08. The number of nitrogens with zero attached hydrogens (tertiary/aromatic N) is 2. The first kappa shape index (κ1) is 13.5. The van der Waals surface area contributed by atoms with E-state index in [0.29, 0.717) is 0 Å². The number of hydrogen-bond acceptors (Lipinski definition) is 3. The highest BCUT2D eigenvalue weighted by Gasteiger charge is 2.45. The molecule has 0 aromatic carbocycles. The number of likely N-dealkylation sites (tertiary alicyclic amines) is 1. The van der Waals surface area contributed by atoms with Crippen LogP contribution in [0.15, 0.2) is 0 Å². The van der Waals surface area contributed by atoms with Gasteiger partial charge in [-0.2, -0.15) is 5.26 Å². The predicted octanol–water partition coefficient (Wildman–Crippen LogP) is 2.42. The van der Waals surface area contributed by atoms with Crippen LogP contribution in [-0.4, -0.2) is 36.2 Å². The Balaban J connectivity index is 3.00. The van der Waals surface area contributed by atoms with Gasteiger partial charge in [-0.05, 0) is 32.6 Å². The van der Waals surface area contributed by atoms with Gasteiger partial charge in [0.2, 0.25) is 0 Å². The van der Waals surface area contributed by atoms with Crippen LogP contribution in [0.25, 0.3) is 0 Å². The molecule has 0 aromatic heterocycles.